The average Bonchev–Trinajstić information content (AvgIpc) is 3.11. The van der Waals surface area contributed by atoms with Gasteiger partial charge in [0.2, 0.25) is 0 Å². The molecule has 0 bridgehead atoms. The molecule has 0 amide bonds. The van der Waals surface area contributed by atoms with Crippen LogP contribution in [0.2, 0.25) is 0 Å². The first-order valence-corrected chi connectivity index (χ1v) is 8.56. The molecule has 3 heteroatoms. The fraction of sp³-hybridized carbons (Fsp3) is 0.750. The summed E-state index contributed by atoms with van der Waals surface area (Å²) in [4.78, 5) is 1.51. The molecular formula is C16H25NOS. The number of nitrogens with one attached hydrogen (secondary N) is 1. The van der Waals surface area contributed by atoms with E-state index >= 15 is 0 Å². The molecule has 2 unspecified atom stereocenters. The highest BCUT2D eigenvalue weighted by atomic mass is 32.1. The molecule has 2 heterocycles. The maximum atomic E-state index is 5.91. The molecule has 0 spiro atoms. The molecule has 1 aliphatic heterocycles. The molecule has 2 fully saturated rings. The molecule has 1 aromatic heterocycles. The van der Waals surface area contributed by atoms with Crippen molar-refractivity contribution in [3.8, 4) is 0 Å². The highest BCUT2D eigenvalue weighted by Gasteiger charge is 2.33. The van der Waals surface area contributed by atoms with Gasteiger partial charge in [-0.25, -0.2) is 0 Å². The quantitative estimate of drug-likeness (QED) is 0.874. The Balaban J connectivity index is 1.65. The Morgan fingerprint density at radius 1 is 1.42 bits per heavy atom. The normalized spacial score (nSPS) is 29.9. The minimum absolute atomic E-state index is 0.0636. The first-order chi connectivity index (χ1) is 9.27. The van der Waals surface area contributed by atoms with Crippen LogP contribution in [0.5, 0.6) is 0 Å². The van der Waals surface area contributed by atoms with Gasteiger partial charge in [0, 0.05) is 24.1 Å². The van der Waals surface area contributed by atoms with E-state index in [1.807, 2.05) is 11.3 Å². The average molecular weight is 279 g/mol. The summed E-state index contributed by atoms with van der Waals surface area (Å²) < 4.78 is 5.91. The van der Waals surface area contributed by atoms with Gasteiger partial charge in [-0.05, 0) is 50.0 Å². The van der Waals surface area contributed by atoms with Crippen LogP contribution in [0.25, 0.3) is 0 Å². The van der Waals surface area contributed by atoms with Gasteiger partial charge in [-0.1, -0.05) is 18.9 Å². The summed E-state index contributed by atoms with van der Waals surface area (Å²) in [6, 6.07) is 5.01. The van der Waals surface area contributed by atoms with E-state index in [0.717, 1.165) is 19.1 Å². The van der Waals surface area contributed by atoms with Crippen LogP contribution in [0.1, 0.15) is 56.4 Å². The molecule has 1 N–H and O–H groups in total. The second-order valence-corrected chi connectivity index (χ2v) is 7.30. The van der Waals surface area contributed by atoms with E-state index in [4.69, 9.17) is 4.74 Å². The van der Waals surface area contributed by atoms with Crippen molar-refractivity contribution in [3.63, 3.8) is 0 Å². The summed E-state index contributed by atoms with van der Waals surface area (Å²) in [6.45, 7) is 4.18. The Bertz CT molecular complexity index is 377. The second-order valence-electron chi connectivity index (χ2n) is 6.32. The van der Waals surface area contributed by atoms with Crippen molar-refractivity contribution in [3.05, 3.63) is 22.4 Å². The summed E-state index contributed by atoms with van der Waals surface area (Å²) in [6.07, 6.45) is 7.98. The molecular weight excluding hydrogens is 254 g/mol. The SMILES string of the molecule is CC1(CNC(c2cccs2)C2CCCC2)CCCO1. The van der Waals surface area contributed by atoms with Crippen LogP contribution in [0.15, 0.2) is 17.5 Å². The van der Waals surface area contributed by atoms with Crippen molar-refractivity contribution in [1.29, 1.82) is 0 Å². The van der Waals surface area contributed by atoms with Gasteiger partial charge in [-0.2, -0.15) is 0 Å². The Labute approximate surface area is 120 Å². The fourth-order valence-electron chi connectivity index (χ4n) is 3.56. The highest BCUT2D eigenvalue weighted by molar-refractivity contribution is 7.10. The molecule has 2 nitrogen and oxygen atoms in total. The third-order valence-corrected chi connectivity index (χ3v) is 5.67. The van der Waals surface area contributed by atoms with E-state index in [0.29, 0.717) is 6.04 Å². The molecule has 1 saturated heterocycles. The number of ether oxygens (including phenoxy) is 1. The van der Waals surface area contributed by atoms with Crippen LogP contribution in [0.4, 0.5) is 0 Å². The molecule has 19 heavy (non-hydrogen) atoms. The third-order valence-electron chi connectivity index (χ3n) is 4.72. The maximum absolute atomic E-state index is 5.91. The third kappa shape index (κ3) is 3.21. The van der Waals surface area contributed by atoms with Crippen molar-refractivity contribution in [2.75, 3.05) is 13.2 Å². The molecule has 0 radical (unpaired) electrons. The van der Waals surface area contributed by atoms with Crippen LogP contribution in [-0.4, -0.2) is 18.8 Å². The number of rotatable bonds is 5. The predicted molar refractivity (Wildman–Crippen MR) is 80.6 cm³/mol. The van der Waals surface area contributed by atoms with Gasteiger partial charge in [-0.3, -0.25) is 0 Å². The lowest BCUT2D eigenvalue weighted by Gasteiger charge is -2.30. The smallest absolute Gasteiger partial charge is 0.0779 e. The lowest BCUT2D eigenvalue weighted by molar-refractivity contribution is 0.0172. The molecule has 1 aromatic rings. The first-order valence-electron chi connectivity index (χ1n) is 7.68. The largest absolute Gasteiger partial charge is 0.374 e. The summed E-state index contributed by atoms with van der Waals surface area (Å²) in [5.41, 5.74) is 0.0636. The van der Waals surface area contributed by atoms with Gasteiger partial charge in [0.05, 0.1) is 5.60 Å². The van der Waals surface area contributed by atoms with E-state index in [-0.39, 0.29) is 5.60 Å². The van der Waals surface area contributed by atoms with Crippen LogP contribution < -0.4 is 5.32 Å². The summed E-state index contributed by atoms with van der Waals surface area (Å²) >= 11 is 1.90. The van der Waals surface area contributed by atoms with Gasteiger partial charge in [-0.15, -0.1) is 11.3 Å². The Morgan fingerprint density at radius 3 is 2.89 bits per heavy atom. The Kier molecular flexibility index (Phi) is 4.25. The van der Waals surface area contributed by atoms with E-state index in [9.17, 15) is 0 Å². The van der Waals surface area contributed by atoms with Crippen molar-refractivity contribution in [1.82, 2.24) is 5.32 Å². The van der Waals surface area contributed by atoms with E-state index in [1.54, 1.807) is 0 Å². The minimum atomic E-state index is 0.0636. The van der Waals surface area contributed by atoms with Gasteiger partial charge < -0.3 is 10.1 Å². The summed E-state index contributed by atoms with van der Waals surface area (Å²) in [5.74, 6) is 0.823. The maximum Gasteiger partial charge on any atom is 0.0779 e. The zero-order valence-electron chi connectivity index (χ0n) is 11.9. The Morgan fingerprint density at radius 2 is 2.26 bits per heavy atom. The fourth-order valence-corrected chi connectivity index (χ4v) is 4.45. The van der Waals surface area contributed by atoms with Crippen molar-refractivity contribution in [2.24, 2.45) is 5.92 Å². The Hall–Kier alpha value is -0.380. The summed E-state index contributed by atoms with van der Waals surface area (Å²) in [5, 5.41) is 6.03. The van der Waals surface area contributed by atoms with Gasteiger partial charge in [0.15, 0.2) is 0 Å². The molecule has 1 aliphatic carbocycles. The monoisotopic (exact) mass is 279 g/mol. The summed E-state index contributed by atoms with van der Waals surface area (Å²) in [7, 11) is 0. The van der Waals surface area contributed by atoms with Crippen LogP contribution in [0, 0.1) is 5.92 Å². The first kappa shape index (κ1) is 13.6. The van der Waals surface area contributed by atoms with E-state index < -0.39 is 0 Å². The highest BCUT2D eigenvalue weighted by Crippen LogP contribution is 2.38. The zero-order valence-corrected chi connectivity index (χ0v) is 12.7. The number of hydrogen-bond donors (Lipinski definition) is 1. The van der Waals surface area contributed by atoms with E-state index in [1.165, 1.54) is 43.4 Å². The van der Waals surface area contributed by atoms with E-state index in [2.05, 4.69) is 29.8 Å². The van der Waals surface area contributed by atoms with Crippen molar-refractivity contribution < 1.29 is 4.74 Å². The van der Waals surface area contributed by atoms with Crippen molar-refractivity contribution >= 4 is 11.3 Å². The predicted octanol–water partition coefficient (Wildman–Crippen LogP) is 4.14. The van der Waals surface area contributed by atoms with Gasteiger partial charge in [0.25, 0.3) is 0 Å². The number of thiophene rings is 1. The topological polar surface area (TPSA) is 21.3 Å². The molecule has 0 aromatic carbocycles. The zero-order chi connectivity index (χ0) is 13.1. The molecule has 106 valence electrons. The van der Waals surface area contributed by atoms with Crippen LogP contribution in [0.3, 0.4) is 0 Å². The molecule has 2 atom stereocenters. The molecule has 2 aliphatic rings. The van der Waals surface area contributed by atoms with Crippen molar-refractivity contribution in [2.45, 2.75) is 57.1 Å². The van der Waals surface area contributed by atoms with Gasteiger partial charge >= 0.3 is 0 Å². The van der Waals surface area contributed by atoms with Gasteiger partial charge in [0.1, 0.15) is 0 Å². The molecule has 3 rings (SSSR count). The lowest BCUT2D eigenvalue weighted by atomic mass is 9.95. The molecule has 1 saturated carbocycles. The van der Waals surface area contributed by atoms with Crippen LogP contribution in [-0.2, 0) is 4.74 Å². The standard InChI is InChI=1S/C16H25NOS/c1-16(9-5-10-18-16)12-17-15(13-6-2-3-7-13)14-8-4-11-19-14/h4,8,11,13,15,17H,2-3,5-7,9-10,12H2,1H3. The lowest BCUT2D eigenvalue weighted by Crippen LogP contribution is -2.40. The second kappa shape index (κ2) is 5.94. The number of hydrogen-bond acceptors (Lipinski definition) is 3. The minimum Gasteiger partial charge on any atom is -0.374 e. The van der Waals surface area contributed by atoms with Crippen LogP contribution >= 0.6 is 11.3 Å².